The van der Waals surface area contributed by atoms with E-state index in [1.54, 1.807) is 0 Å². The highest BCUT2D eigenvalue weighted by atomic mass is 16.5. The zero-order valence-corrected chi connectivity index (χ0v) is 9.32. The predicted molar refractivity (Wildman–Crippen MR) is 63.6 cm³/mol. The van der Waals surface area contributed by atoms with Gasteiger partial charge < -0.3 is 10.1 Å². The van der Waals surface area contributed by atoms with Gasteiger partial charge in [0.2, 0.25) is 6.41 Å². The summed E-state index contributed by atoms with van der Waals surface area (Å²) in [7, 11) is 0. The maximum absolute atomic E-state index is 10.2. The molecule has 0 unspecified atom stereocenters. The maximum Gasteiger partial charge on any atom is 0.211 e. The van der Waals surface area contributed by atoms with E-state index in [0.29, 0.717) is 12.5 Å². The quantitative estimate of drug-likeness (QED) is 0.790. The molecule has 0 aliphatic heterocycles. The van der Waals surface area contributed by atoms with Gasteiger partial charge in [-0.3, -0.25) is 4.79 Å². The zero-order valence-electron chi connectivity index (χ0n) is 9.32. The van der Waals surface area contributed by atoms with Crippen molar-refractivity contribution in [3.63, 3.8) is 0 Å². The van der Waals surface area contributed by atoms with Crippen molar-refractivity contribution in [2.45, 2.75) is 38.2 Å². The third kappa shape index (κ3) is 2.99. The van der Waals surface area contributed by atoms with Crippen molar-refractivity contribution in [1.82, 2.24) is 0 Å². The molecule has 2 rings (SSSR count). The molecule has 3 heteroatoms. The minimum Gasteiger partial charge on any atom is -0.490 e. The second-order valence-corrected chi connectivity index (χ2v) is 4.16. The fraction of sp³-hybridized carbons (Fsp3) is 0.462. The monoisotopic (exact) mass is 219 g/mol. The van der Waals surface area contributed by atoms with E-state index in [2.05, 4.69) is 5.32 Å². The van der Waals surface area contributed by atoms with Crippen LogP contribution in [0, 0.1) is 0 Å². The summed E-state index contributed by atoms with van der Waals surface area (Å²) in [4.78, 5) is 10.2. The highest BCUT2D eigenvalue weighted by Gasteiger charge is 2.14. The Morgan fingerprint density at radius 2 is 1.81 bits per heavy atom. The van der Waals surface area contributed by atoms with Gasteiger partial charge in [0.1, 0.15) is 5.75 Å². The highest BCUT2D eigenvalue weighted by molar-refractivity contribution is 5.71. The second-order valence-electron chi connectivity index (χ2n) is 4.16. The number of rotatable bonds is 4. The van der Waals surface area contributed by atoms with Crippen LogP contribution in [0.3, 0.4) is 0 Å². The third-order valence-electron chi connectivity index (χ3n) is 2.93. The van der Waals surface area contributed by atoms with Gasteiger partial charge in [0.25, 0.3) is 0 Å². The minimum absolute atomic E-state index is 0.374. The molecule has 0 spiro atoms. The molecule has 86 valence electrons. The van der Waals surface area contributed by atoms with Crippen LogP contribution < -0.4 is 10.1 Å². The van der Waals surface area contributed by atoms with Crippen LogP contribution in [0.5, 0.6) is 5.75 Å². The van der Waals surface area contributed by atoms with Crippen molar-refractivity contribution in [2.24, 2.45) is 0 Å². The summed E-state index contributed by atoms with van der Waals surface area (Å²) < 4.78 is 5.87. The number of hydrogen-bond acceptors (Lipinski definition) is 2. The van der Waals surface area contributed by atoms with E-state index in [1.165, 1.54) is 19.3 Å². The summed E-state index contributed by atoms with van der Waals surface area (Å²) in [5.41, 5.74) is 0.797. The van der Waals surface area contributed by atoms with Gasteiger partial charge >= 0.3 is 0 Å². The smallest absolute Gasteiger partial charge is 0.211 e. The summed E-state index contributed by atoms with van der Waals surface area (Å²) in [6, 6.07) is 7.51. The number of ether oxygens (including phenoxy) is 1. The average Bonchev–Trinajstić information content (AvgIpc) is 2.33. The van der Waals surface area contributed by atoms with Gasteiger partial charge in [-0.15, -0.1) is 0 Å². The fourth-order valence-electron chi connectivity index (χ4n) is 2.07. The normalized spacial score (nSPS) is 16.8. The van der Waals surface area contributed by atoms with Gasteiger partial charge in [-0.05, 0) is 49.9 Å². The molecule has 1 N–H and O–H groups in total. The molecule has 0 atom stereocenters. The summed E-state index contributed by atoms with van der Waals surface area (Å²) in [5, 5.41) is 2.60. The first kappa shape index (κ1) is 11.0. The Kier molecular flexibility index (Phi) is 3.81. The molecule has 0 radical (unpaired) electrons. The topological polar surface area (TPSA) is 38.3 Å². The van der Waals surface area contributed by atoms with Crippen molar-refractivity contribution < 1.29 is 9.53 Å². The Morgan fingerprint density at radius 1 is 1.12 bits per heavy atom. The number of nitrogens with one attached hydrogen (secondary N) is 1. The summed E-state index contributed by atoms with van der Waals surface area (Å²) in [5.74, 6) is 0.892. The van der Waals surface area contributed by atoms with E-state index in [9.17, 15) is 4.79 Å². The first-order chi connectivity index (χ1) is 7.88. The molecule has 0 aromatic heterocycles. The Morgan fingerprint density at radius 3 is 2.44 bits per heavy atom. The SMILES string of the molecule is O=CNc1ccc(OC2CCCCC2)cc1. The number of carbonyl (C=O) groups excluding carboxylic acids is 1. The number of carbonyl (C=O) groups is 1. The van der Waals surface area contributed by atoms with Gasteiger partial charge in [0, 0.05) is 5.69 Å². The lowest BCUT2D eigenvalue weighted by Gasteiger charge is -2.23. The summed E-state index contributed by atoms with van der Waals surface area (Å²) >= 11 is 0. The molecule has 0 bridgehead atoms. The maximum atomic E-state index is 10.2. The molecule has 1 amide bonds. The van der Waals surface area contributed by atoms with Crippen molar-refractivity contribution in [1.29, 1.82) is 0 Å². The van der Waals surface area contributed by atoms with Gasteiger partial charge in [-0.25, -0.2) is 0 Å². The minimum atomic E-state index is 0.374. The van der Waals surface area contributed by atoms with Gasteiger partial charge in [-0.1, -0.05) is 6.42 Å². The number of amides is 1. The highest BCUT2D eigenvalue weighted by Crippen LogP contribution is 2.24. The predicted octanol–water partition coefficient (Wildman–Crippen LogP) is 2.97. The fourth-order valence-corrected chi connectivity index (χ4v) is 2.07. The van der Waals surface area contributed by atoms with Crippen molar-refractivity contribution in [3.8, 4) is 5.75 Å². The molecule has 3 nitrogen and oxygen atoms in total. The Hall–Kier alpha value is -1.51. The van der Waals surface area contributed by atoms with E-state index in [1.807, 2.05) is 24.3 Å². The molecular formula is C13H17NO2. The van der Waals surface area contributed by atoms with E-state index >= 15 is 0 Å². The molecule has 1 aliphatic carbocycles. The van der Waals surface area contributed by atoms with Crippen molar-refractivity contribution in [3.05, 3.63) is 24.3 Å². The average molecular weight is 219 g/mol. The molecule has 1 saturated carbocycles. The van der Waals surface area contributed by atoms with Gasteiger partial charge in [-0.2, -0.15) is 0 Å². The molecule has 1 aromatic rings. The molecule has 1 aromatic carbocycles. The first-order valence-electron chi connectivity index (χ1n) is 5.85. The van der Waals surface area contributed by atoms with Crippen LogP contribution in [0.4, 0.5) is 5.69 Å². The Balaban J connectivity index is 1.90. The van der Waals surface area contributed by atoms with E-state index in [-0.39, 0.29) is 0 Å². The molecule has 1 fully saturated rings. The van der Waals surface area contributed by atoms with Gasteiger partial charge in [0.15, 0.2) is 0 Å². The van der Waals surface area contributed by atoms with Crippen molar-refractivity contribution >= 4 is 12.1 Å². The lowest BCUT2D eigenvalue weighted by atomic mass is 9.98. The van der Waals surface area contributed by atoms with Gasteiger partial charge in [0.05, 0.1) is 6.10 Å². The molecule has 0 saturated heterocycles. The van der Waals surface area contributed by atoms with E-state index in [0.717, 1.165) is 24.3 Å². The van der Waals surface area contributed by atoms with E-state index < -0.39 is 0 Å². The zero-order chi connectivity index (χ0) is 11.2. The number of hydrogen-bond donors (Lipinski definition) is 1. The van der Waals surface area contributed by atoms with Crippen LogP contribution in [-0.4, -0.2) is 12.5 Å². The standard InChI is InChI=1S/C13H17NO2/c15-10-14-11-6-8-13(9-7-11)16-12-4-2-1-3-5-12/h6-10,12H,1-5H2,(H,14,15). The lowest BCUT2D eigenvalue weighted by molar-refractivity contribution is -0.105. The van der Waals surface area contributed by atoms with E-state index in [4.69, 9.17) is 4.74 Å². The van der Waals surface area contributed by atoms with Crippen LogP contribution >= 0.6 is 0 Å². The van der Waals surface area contributed by atoms with Crippen LogP contribution in [0.1, 0.15) is 32.1 Å². The Labute approximate surface area is 95.8 Å². The first-order valence-corrected chi connectivity index (χ1v) is 5.85. The number of benzene rings is 1. The number of anilines is 1. The Bertz CT molecular complexity index is 328. The van der Waals surface area contributed by atoms with Crippen molar-refractivity contribution in [2.75, 3.05) is 5.32 Å². The van der Waals surface area contributed by atoms with Crippen LogP contribution in [0.2, 0.25) is 0 Å². The molecule has 0 heterocycles. The molecule has 1 aliphatic rings. The third-order valence-corrected chi connectivity index (χ3v) is 2.93. The molecule has 16 heavy (non-hydrogen) atoms. The molecular weight excluding hydrogens is 202 g/mol. The van der Waals surface area contributed by atoms with Crippen LogP contribution in [0.15, 0.2) is 24.3 Å². The second kappa shape index (κ2) is 5.54. The van der Waals surface area contributed by atoms with Crippen LogP contribution in [-0.2, 0) is 4.79 Å². The van der Waals surface area contributed by atoms with Crippen LogP contribution in [0.25, 0.3) is 0 Å². The lowest BCUT2D eigenvalue weighted by Crippen LogP contribution is -2.19. The summed E-state index contributed by atoms with van der Waals surface area (Å²) in [6.45, 7) is 0. The largest absolute Gasteiger partial charge is 0.490 e. The summed E-state index contributed by atoms with van der Waals surface area (Å²) in [6.07, 6.45) is 7.26.